The van der Waals surface area contributed by atoms with Gasteiger partial charge in [0.2, 0.25) is 0 Å². The SMILES string of the molecule is CCOC(=O)c1nn(-c2ccc(OC)cc2)c2c1CCN(c1ccc(C3(N4CCCC4)CC3)cc1)C2=O. The first-order valence-corrected chi connectivity index (χ1v) is 13.2. The smallest absolute Gasteiger partial charge is 0.359 e. The Hall–Kier alpha value is -3.65. The molecule has 192 valence electrons. The predicted octanol–water partition coefficient (Wildman–Crippen LogP) is 4.35. The van der Waals surface area contributed by atoms with Crippen LogP contribution < -0.4 is 9.64 Å². The lowest BCUT2D eigenvalue weighted by atomic mass is 10.00. The molecule has 2 aromatic carbocycles. The van der Waals surface area contributed by atoms with Crippen molar-refractivity contribution in [3.8, 4) is 11.4 Å². The summed E-state index contributed by atoms with van der Waals surface area (Å²) in [6.45, 7) is 4.83. The van der Waals surface area contributed by atoms with Gasteiger partial charge >= 0.3 is 5.97 Å². The molecule has 3 heterocycles. The summed E-state index contributed by atoms with van der Waals surface area (Å²) in [6.07, 6.45) is 5.48. The number of hydrogen-bond donors (Lipinski definition) is 0. The molecule has 2 fully saturated rings. The average molecular weight is 501 g/mol. The number of nitrogens with zero attached hydrogens (tertiary/aromatic N) is 4. The third kappa shape index (κ3) is 4.00. The van der Waals surface area contributed by atoms with Gasteiger partial charge < -0.3 is 14.4 Å². The van der Waals surface area contributed by atoms with Crippen molar-refractivity contribution >= 4 is 17.6 Å². The van der Waals surface area contributed by atoms with Gasteiger partial charge in [0.15, 0.2) is 5.69 Å². The Morgan fingerprint density at radius 3 is 2.27 bits per heavy atom. The highest BCUT2D eigenvalue weighted by atomic mass is 16.5. The van der Waals surface area contributed by atoms with Crippen LogP contribution in [-0.2, 0) is 16.7 Å². The van der Waals surface area contributed by atoms with Crippen LogP contribution in [0.3, 0.4) is 0 Å². The number of rotatable bonds is 7. The Morgan fingerprint density at radius 2 is 1.65 bits per heavy atom. The van der Waals surface area contributed by atoms with Crippen LogP contribution in [0, 0.1) is 0 Å². The predicted molar refractivity (Wildman–Crippen MR) is 140 cm³/mol. The quantitative estimate of drug-likeness (QED) is 0.449. The summed E-state index contributed by atoms with van der Waals surface area (Å²) in [6, 6.07) is 15.8. The van der Waals surface area contributed by atoms with E-state index >= 15 is 0 Å². The maximum atomic E-state index is 13.9. The molecule has 2 aliphatic heterocycles. The van der Waals surface area contributed by atoms with Gasteiger partial charge in [0.1, 0.15) is 11.4 Å². The van der Waals surface area contributed by atoms with Crippen LogP contribution in [0.2, 0.25) is 0 Å². The number of amides is 1. The summed E-state index contributed by atoms with van der Waals surface area (Å²) in [7, 11) is 1.60. The number of benzene rings is 2. The third-order valence-electron chi connectivity index (χ3n) is 7.95. The van der Waals surface area contributed by atoms with E-state index in [4.69, 9.17) is 9.47 Å². The van der Waals surface area contributed by atoms with Gasteiger partial charge in [0, 0.05) is 23.3 Å². The molecule has 3 aliphatic rings. The van der Waals surface area contributed by atoms with Crippen LogP contribution >= 0.6 is 0 Å². The fraction of sp³-hybridized carbons (Fsp3) is 0.414. The molecule has 0 spiro atoms. The summed E-state index contributed by atoms with van der Waals surface area (Å²) in [5.74, 6) is 0.0209. The van der Waals surface area contributed by atoms with E-state index in [2.05, 4.69) is 34.3 Å². The standard InChI is InChI=1S/C29H32N4O4/c1-3-37-28(35)25-24-14-19-32(27(34)26(24)33(30-25)22-10-12-23(36-2)13-11-22)21-8-6-20(7-9-21)29(15-16-29)31-17-4-5-18-31/h6-13H,3-5,14-19H2,1-2H3. The fourth-order valence-corrected chi connectivity index (χ4v) is 5.88. The van der Waals surface area contributed by atoms with E-state index in [1.54, 1.807) is 23.6 Å². The number of methoxy groups -OCH3 is 1. The first kappa shape index (κ1) is 23.7. The van der Waals surface area contributed by atoms with Crippen LogP contribution in [-0.4, -0.2) is 59.9 Å². The van der Waals surface area contributed by atoms with Gasteiger partial charge in [0.25, 0.3) is 5.91 Å². The van der Waals surface area contributed by atoms with Crippen LogP contribution in [0.5, 0.6) is 5.75 Å². The number of esters is 1. The zero-order chi connectivity index (χ0) is 25.6. The number of likely N-dealkylation sites (tertiary alicyclic amines) is 1. The monoisotopic (exact) mass is 500 g/mol. The Kier molecular flexibility index (Phi) is 5.99. The topological polar surface area (TPSA) is 76.9 Å². The molecule has 0 atom stereocenters. The number of carbonyl (C=O) groups is 2. The second-order valence-electron chi connectivity index (χ2n) is 9.99. The van der Waals surface area contributed by atoms with Crippen molar-refractivity contribution in [2.24, 2.45) is 0 Å². The summed E-state index contributed by atoms with van der Waals surface area (Å²) in [5.41, 5.74) is 4.32. The van der Waals surface area contributed by atoms with E-state index in [1.807, 2.05) is 24.3 Å². The van der Waals surface area contributed by atoms with Crippen LogP contribution in [0.15, 0.2) is 48.5 Å². The first-order valence-electron chi connectivity index (χ1n) is 13.2. The van der Waals surface area contributed by atoms with Crippen LogP contribution in [0.25, 0.3) is 5.69 Å². The van der Waals surface area contributed by atoms with Crippen molar-refractivity contribution in [1.82, 2.24) is 14.7 Å². The van der Waals surface area contributed by atoms with Gasteiger partial charge in [-0.05, 0) is 94.1 Å². The molecule has 0 unspecified atom stereocenters. The molecule has 0 bridgehead atoms. The lowest BCUT2D eigenvalue weighted by Crippen LogP contribution is -2.39. The highest BCUT2D eigenvalue weighted by Gasteiger charge is 2.49. The molecule has 8 nitrogen and oxygen atoms in total. The van der Waals surface area contributed by atoms with Crippen molar-refractivity contribution in [2.45, 2.75) is 44.6 Å². The number of carbonyl (C=O) groups excluding carboxylic acids is 2. The highest BCUT2D eigenvalue weighted by molar-refractivity contribution is 6.09. The molecule has 37 heavy (non-hydrogen) atoms. The van der Waals surface area contributed by atoms with E-state index in [0.717, 1.165) is 5.69 Å². The second kappa shape index (κ2) is 9.34. The number of anilines is 1. The highest BCUT2D eigenvalue weighted by Crippen LogP contribution is 2.52. The summed E-state index contributed by atoms with van der Waals surface area (Å²) in [4.78, 5) is 31.1. The molecule has 8 heteroatoms. The minimum atomic E-state index is -0.506. The molecule has 0 N–H and O–H groups in total. The Balaban J connectivity index is 1.34. The third-order valence-corrected chi connectivity index (χ3v) is 7.95. The van der Waals surface area contributed by atoms with Crippen molar-refractivity contribution in [3.05, 3.63) is 71.0 Å². The molecule has 6 rings (SSSR count). The minimum Gasteiger partial charge on any atom is -0.497 e. The molecule has 1 aliphatic carbocycles. The second-order valence-corrected chi connectivity index (χ2v) is 9.99. The lowest BCUT2D eigenvalue weighted by molar-refractivity contribution is 0.0517. The average Bonchev–Trinajstić information content (AvgIpc) is 3.35. The van der Waals surface area contributed by atoms with Gasteiger partial charge in [-0.3, -0.25) is 9.69 Å². The van der Waals surface area contributed by atoms with Crippen molar-refractivity contribution < 1.29 is 19.1 Å². The van der Waals surface area contributed by atoms with E-state index in [-0.39, 0.29) is 23.7 Å². The number of hydrogen-bond acceptors (Lipinski definition) is 6. The van der Waals surface area contributed by atoms with Crippen molar-refractivity contribution in [1.29, 1.82) is 0 Å². The summed E-state index contributed by atoms with van der Waals surface area (Å²) in [5, 5.41) is 4.56. The largest absolute Gasteiger partial charge is 0.497 e. The zero-order valence-electron chi connectivity index (χ0n) is 21.4. The Bertz CT molecular complexity index is 1320. The molecule has 3 aromatic rings. The van der Waals surface area contributed by atoms with Crippen LogP contribution in [0.1, 0.15) is 64.7 Å². The minimum absolute atomic E-state index is 0.173. The van der Waals surface area contributed by atoms with Gasteiger partial charge in [-0.15, -0.1) is 0 Å². The summed E-state index contributed by atoms with van der Waals surface area (Å²) >= 11 is 0. The van der Waals surface area contributed by atoms with Gasteiger partial charge in [0.05, 0.1) is 19.4 Å². The molecule has 1 saturated carbocycles. The lowest BCUT2D eigenvalue weighted by Gasteiger charge is -2.30. The van der Waals surface area contributed by atoms with Crippen LogP contribution in [0.4, 0.5) is 5.69 Å². The number of fused-ring (bicyclic) bond motifs is 1. The normalized spacial score (nSPS) is 18.5. The van der Waals surface area contributed by atoms with E-state index in [1.165, 1.54) is 44.3 Å². The van der Waals surface area contributed by atoms with E-state index in [9.17, 15) is 9.59 Å². The molecule has 1 saturated heterocycles. The number of aromatic nitrogens is 2. The fourth-order valence-electron chi connectivity index (χ4n) is 5.88. The van der Waals surface area contributed by atoms with Crippen molar-refractivity contribution in [2.75, 3.05) is 38.3 Å². The molecule has 1 aromatic heterocycles. The molecular weight excluding hydrogens is 468 g/mol. The molecular formula is C29H32N4O4. The summed E-state index contributed by atoms with van der Waals surface area (Å²) < 4.78 is 12.1. The number of ether oxygens (including phenoxy) is 2. The Morgan fingerprint density at radius 1 is 0.973 bits per heavy atom. The van der Waals surface area contributed by atoms with Gasteiger partial charge in [-0.1, -0.05) is 12.1 Å². The zero-order valence-corrected chi connectivity index (χ0v) is 21.4. The van der Waals surface area contributed by atoms with E-state index < -0.39 is 5.97 Å². The molecule has 0 radical (unpaired) electrons. The van der Waals surface area contributed by atoms with Gasteiger partial charge in [-0.25, -0.2) is 9.48 Å². The van der Waals surface area contributed by atoms with Crippen molar-refractivity contribution in [3.63, 3.8) is 0 Å². The maximum Gasteiger partial charge on any atom is 0.359 e. The maximum absolute atomic E-state index is 13.9. The van der Waals surface area contributed by atoms with Gasteiger partial charge in [-0.2, -0.15) is 5.10 Å². The first-order chi connectivity index (χ1) is 18.1. The van der Waals surface area contributed by atoms with E-state index in [0.29, 0.717) is 35.7 Å². The molecule has 1 amide bonds. The Labute approximate surface area is 216 Å².